The fourth-order valence-electron chi connectivity index (χ4n) is 2.24. The molecule has 0 aliphatic rings. The highest BCUT2D eigenvalue weighted by atomic mass is 32.2. The van der Waals surface area contributed by atoms with Crippen LogP contribution in [0.25, 0.3) is 0 Å². The number of hydrogen-bond acceptors (Lipinski definition) is 6. The number of para-hydroxylation sites is 2. The molecule has 0 aliphatic carbocycles. The molecule has 2 atom stereocenters. The van der Waals surface area contributed by atoms with Crippen LogP contribution in [0.2, 0.25) is 0 Å². The number of nitro benzene ring substituents is 1. The average Bonchev–Trinajstić information content (AvgIpc) is 2.67. The van der Waals surface area contributed by atoms with Crippen LogP contribution in [-0.4, -0.2) is 32.9 Å². The Kier molecular flexibility index (Phi) is 6.78. The van der Waals surface area contributed by atoms with Gasteiger partial charge >= 0.3 is 5.97 Å². The second-order valence-corrected chi connectivity index (χ2v) is 7.15. The summed E-state index contributed by atoms with van der Waals surface area (Å²) in [7, 11) is -1.36. The van der Waals surface area contributed by atoms with E-state index in [1.807, 2.05) is 0 Å². The number of anilines is 1. The third-order valence-electron chi connectivity index (χ3n) is 3.63. The molecule has 2 rings (SSSR count). The van der Waals surface area contributed by atoms with Gasteiger partial charge in [0.1, 0.15) is 5.69 Å². The number of rotatable bonds is 7. The van der Waals surface area contributed by atoms with Gasteiger partial charge in [-0.25, -0.2) is 4.79 Å². The van der Waals surface area contributed by atoms with Crippen molar-refractivity contribution in [2.75, 3.05) is 11.1 Å². The van der Waals surface area contributed by atoms with Gasteiger partial charge in [0.05, 0.1) is 26.2 Å². The summed E-state index contributed by atoms with van der Waals surface area (Å²) in [5.74, 6) is -1.18. The Balaban J connectivity index is 2.13. The molecular weight excluding hydrogens is 372 g/mol. The van der Waals surface area contributed by atoms with Crippen LogP contribution < -0.4 is 5.32 Å². The van der Waals surface area contributed by atoms with Crippen LogP contribution in [0.5, 0.6) is 0 Å². The molecule has 0 bridgehead atoms. The summed E-state index contributed by atoms with van der Waals surface area (Å²) in [5, 5.41) is 13.4. The molecule has 0 saturated carbocycles. The maximum atomic E-state index is 12.4. The first-order valence-corrected chi connectivity index (χ1v) is 9.39. The number of amides is 1. The lowest BCUT2D eigenvalue weighted by molar-refractivity contribution is -0.383. The van der Waals surface area contributed by atoms with Crippen molar-refractivity contribution in [3.8, 4) is 0 Å². The minimum absolute atomic E-state index is 0.00267. The lowest BCUT2D eigenvalue weighted by atomic mass is 10.2. The van der Waals surface area contributed by atoms with Gasteiger partial charge in [-0.2, -0.15) is 0 Å². The van der Waals surface area contributed by atoms with Crippen molar-refractivity contribution >= 4 is 34.1 Å². The molecule has 0 aliphatic heterocycles. The van der Waals surface area contributed by atoms with E-state index in [4.69, 9.17) is 4.74 Å². The van der Waals surface area contributed by atoms with Gasteiger partial charge in [0.15, 0.2) is 6.10 Å². The van der Waals surface area contributed by atoms with Gasteiger partial charge in [-0.05, 0) is 25.1 Å². The molecule has 0 aromatic heterocycles. The highest BCUT2D eigenvalue weighted by Gasteiger charge is 2.24. The minimum Gasteiger partial charge on any atom is -0.449 e. The number of benzene rings is 2. The van der Waals surface area contributed by atoms with Crippen LogP contribution in [0.15, 0.2) is 53.4 Å². The number of carbonyl (C=O) groups is 2. The Bertz CT molecular complexity index is 899. The van der Waals surface area contributed by atoms with E-state index in [0.717, 1.165) is 0 Å². The number of hydrogen-bond donors (Lipinski definition) is 1. The number of esters is 1. The molecule has 1 amide bonds. The van der Waals surface area contributed by atoms with Crippen LogP contribution in [0, 0.1) is 10.1 Å². The van der Waals surface area contributed by atoms with E-state index >= 15 is 0 Å². The SMILES string of the molecule is CC[S@](=O)c1ccccc1C(=O)O[C@H](C)C(=O)Nc1ccccc1[N+](=O)[O-]. The monoisotopic (exact) mass is 390 g/mol. The largest absolute Gasteiger partial charge is 0.449 e. The molecule has 8 nitrogen and oxygen atoms in total. The molecule has 0 heterocycles. The zero-order chi connectivity index (χ0) is 20.0. The van der Waals surface area contributed by atoms with Gasteiger partial charge in [0, 0.05) is 11.8 Å². The summed E-state index contributed by atoms with van der Waals surface area (Å²) >= 11 is 0. The van der Waals surface area contributed by atoms with Crippen molar-refractivity contribution in [1.82, 2.24) is 0 Å². The first-order chi connectivity index (χ1) is 12.8. The van der Waals surface area contributed by atoms with Gasteiger partial charge in [0.2, 0.25) is 0 Å². The van der Waals surface area contributed by atoms with E-state index in [9.17, 15) is 23.9 Å². The van der Waals surface area contributed by atoms with Crippen molar-refractivity contribution in [2.45, 2.75) is 24.8 Å². The highest BCUT2D eigenvalue weighted by Crippen LogP contribution is 2.23. The minimum atomic E-state index is -1.36. The second kappa shape index (κ2) is 9.04. The molecule has 9 heteroatoms. The lowest BCUT2D eigenvalue weighted by Gasteiger charge is -2.15. The summed E-state index contributed by atoms with van der Waals surface area (Å²) in [5.41, 5.74) is -0.154. The molecule has 0 spiro atoms. The molecule has 2 aromatic carbocycles. The fourth-order valence-corrected chi connectivity index (χ4v) is 3.18. The Morgan fingerprint density at radius 3 is 2.48 bits per heavy atom. The molecule has 0 fully saturated rings. The smallest absolute Gasteiger partial charge is 0.340 e. The Morgan fingerprint density at radius 1 is 1.19 bits per heavy atom. The molecule has 0 saturated heterocycles. The van der Waals surface area contributed by atoms with E-state index < -0.39 is 33.7 Å². The van der Waals surface area contributed by atoms with E-state index in [2.05, 4.69) is 5.32 Å². The molecule has 142 valence electrons. The van der Waals surface area contributed by atoms with Crippen molar-refractivity contribution in [3.63, 3.8) is 0 Å². The van der Waals surface area contributed by atoms with E-state index in [-0.39, 0.29) is 16.9 Å². The maximum absolute atomic E-state index is 12.4. The van der Waals surface area contributed by atoms with Crippen LogP contribution in [0.3, 0.4) is 0 Å². The summed E-state index contributed by atoms with van der Waals surface area (Å²) in [6.45, 7) is 3.07. The van der Waals surface area contributed by atoms with Crippen molar-refractivity contribution < 1.29 is 23.5 Å². The second-order valence-electron chi connectivity index (χ2n) is 5.44. The van der Waals surface area contributed by atoms with Gasteiger partial charge in [-0.15, -0.1) is 0 Å². The van der Waals surface area contributed by atoms with E-state index in [1.165, 1.54) is 37.3 Å². The zero-order valence-electron chi connectivity index (χ0n) is 14.7. The molecule has 1 N–H and O–H groups in total. The average molecular weight is 390 g/mol. The topological polar surface area (TPSA) is 116 Å². The highest BCUT2D eigenvalue weighted by molar-refractivity contribution is 7.85. The molecule has 0 unspecified atom stereocenters. The first-order valence-electron chi connectivity index (χ1n) is 8.07. The van der Waals surface area contributed by atoms with Crippen LogP contribution in [0.1, 0.15) is 24.2 Å². The quantitative estimate of drug-likeness (QED) is 0.441. The molecule has 27 heavy (non-hydrogen) atoms. The predicted molar refractivity (Wildman–Crippen MR) is 100.0 cm³/mol. The summed E-state index contributed by atoms with van der Waals surface area (Å²) in [6, 6.07) is 11.9. The zero-order valence-corrected chi connectivity index (χ0v) is 15.5. The number of nitrogens with zero attached hydrogens (tertiary/aromatic N) is 1. The molecule has 0 radical (unpaired) electrons. The van der Waals surface area contributed by atoms with Crippen LogP contribution in [0.4, 0.5) is 11.4 Å². The number of nitro groups is 1. The Hall–Kier alpha value is -3.07. The summed E-state index contributed by atoms with van der Waals surface area (Å²) < 4.78 is 17.2. The molecular formula is C18H18N2O6S. The third kappa shape index (κ3) is 4.98. The summed E-state index contributed by atoms with van der Waals surface area (Å²) in [4.78, 5) is 35.4. The molecule has 2 aromatic rings. The number of nitrogens with one attached hydrogen (secondary N) is 1. The van der Waals surface area contributed by atoms with E-state index in [0.29, 0.717) is 10.6 Å². The fraction of sp³-hybridized carbons (Fsp3) is 0.222. The van der Waals surface area contributed by atoms with Crippen molar-refractivity contribution in [3.05, 3.63) is 64.2 Å². The van der Waals surface area contributed by atoms with Crippen molar-refractivity contribution in [1.29, 1.82) is 0 Å². The first kappa shape index (κ1) is 20.2. The predicted octanol–water partition coefficient (Wildman–Crippen LogP) is 2.91. The Morgan fingerprint density at radius 2 is 1.81 bits per heavy atom. The van der Waals surface area contributed by atoms with Gasteiger partial charge in [0.25, 0.3) is 11.6 Å². The van der Waals surface area contributed by atoms with Gasteiger partial charge in [-0.1, -0.05) is 31.2 Å². The van der Waals surface area contributed by atoms with Gasteiger partial charge < -0.3 is 10.1 Å². The maximum Gasteiger partial charge on any atom is 0.340 e. The number of ether oxygens (including phenoxy) is 1. The van der Waals surface area contributed by atoms with E-state index in [1.54, 1.807) is 25.1 Å². The third-order valence-corrected chi connectivity index (χ3v) is 5.00. The van der Waals surface area contributed by atoms with Gasteiger partial charge in [-0.3, -0.25) is 19.1 Å². The Labute approximate surface area is 158 Å². The summed E-state index contributed by atoms with van der Waals surface area (Å²) in [6.07, 6.45) is -1.21. The number of carbonyl (C=O) groups excluding carboxylic acids is 2. The van der Waals surface area contributed by atoms with Crippen molar-refractivity contribution in [2.24, 2.45) is 0 Å². The van der Waals surface area contributed by atoms with Crippen LogP contribution in [-0.2, 0) is 20.3 Å². The standard InChI is InChI=1S/C18H18N2O6S/c1-3-27(25)16-11-7-4-8-13(16)18(22)26-12(2)17(21)19-14-9-5-6-10-15(14)20(23)24/h4-12H,3H2,1-2H3,(H,19,21)/t12-,27+/m1/s1. The van der Waals surface area contributed by atoms with Crippen LogP contribution >= 0.6 is 0 Å². The lowest BCUT2D eigenvalue weighted by Crippen LogP contribution is -2.30. The normalized spacial score (nSPS) is 12.7.